The van der Waals surface area contributed by atoms with E-state index in [0.717, 1.165) is 5.92 Å². The molecule has 1 aromatic rings. The first-order chi connectivity index (χ1) is 8.81. The molecule has 0 radical (unpaired) electrons. The lowest BCUT2D eigenvalue weighted by atomic mass is 9.97. The molecule has 1 atom stereocenters. The van der Waals surface area contributed by atoms with E-state index in [1.165, 1.54) is 56.2 Å². The van der Waals surface area contributed by atoms with Crippen LogP contribution in [-0.2, 0) is 12.8 Å². The third-order valence-corrected chi connectivity index (χ3v) is 5.57. The normalized spacial score (nSPS) is 18.3. The van der Waals surface area contributed by atoms with Gasteiger partial charge >= 0.3 is 0 Å². The van der Waals surface area contributed by atoms with Crippen molar-refractivity contribution in [2.75, 3.05) is 7.05 Å². The second kappa shape index (κ2) is 7.30. The van der Waals surface area contributed by atoms with Gasteiger partial charge in [-0.1, -0.05) is 32.6 Å². The van der Waals surface area contributed by atoms with E-state index in [4.69, 9.17) is 0 Å². The predicted molar refractivity (Wildman–Crippen MR) is 81.4 cm³/mol. The molecule has 1 N–H and O–H groups in total. The molecular formula is C16H27NS. The Labute approximate surface area is 116 Å². The molecule has 18 heavy (non-hydrogen) atoms. The van der Waals surface area contributed by atoms with Crippen molar-refractivity contribution in [1.29, 1.82) is 0 Å². The third-order valence-electron chi connectivity index (χ3n) is 4.32. The van der Waals surface area contributed by atoms with Crippen LogP contribution in [0.3, 0.4) is 0 Å². The van der Waals surface area contributed by atoms with Gasteiger partial charge in [-0.15, -0.1) is 11.3 Å². The number of hydrogen-bond donors (Lipinski definition) is 1. The van der Waals surface area contributed by atoms with E-state index in [1.54, 1.807) is 4.88 Å². The molecular weight excluding hydrogens is 238 g/mol. The van der Waals surface area contributed by atoms with Gasteiger partial charge in [-0.25, -0.2) is 0 Å². The molecule has 0 saturated heterocycles. The second-order valence-corrected chi connectivity index (χ2v) is 6.89. The summed E-state index contributed by atoms with van der Waals surface area (Å²) in [6.45, 7) is 2.24. The van der Waals surface area contributed by atoms with Crippen LogP contribution in [-0.4, -0.2) is 13.1 Å². The van der Waals surface area contributed by atoms with Gasteiger partial charge in [-0.3, -0.25) is 0 Å². The minimum atomic E-state index is 0.675. The zero-order valence-corrected chi connectivity index (χ0v) is 12.7. The summed E-state index contributed by atoms with van der Waals surface area (Å²) in [6, 6.07) is 5.29. The Balaban J connectivity index is 1.77. The van der Waals surface area contributed by atoms with Gasteiger partial charge in [0.2, 0.25) is 0 Å². The fourth-order valence-corrected chi connectivity index (χ4v) is 4.09. The maximum Gasteiger partial charge on any atom is 0.0112 e. The van der Waals surface area contributed by atoms with Crippen molar-refractivity contribution in [3.05, 3.63) is 21.9 Å². The fraction of sp³-hybridized carbons (Fsp3) is 0.750. The molecule has 1 aromatic heterocycles. The summed E-state index contributed by atoms with van der Waals surface area (Å²) in [4.78, 5) is 3.08. The van der Waals surface area contributed by atoms with Crippen molar-refractivity contribution in [3.63, 3.8) is 0 Å². The quantitative estimate of drug-likeness (QED) is 0.770. The van der Waals surface area contributed by atoms with Gasteiger partial charge in [-0.2, -0.15) is 0 Å². The summed E-state index contributed by atoms with van der Waals surface area (Å²) in [5, 5.41) is 3.51. The maximum absolute atomic E-state index is 3.51. The third kappa shape index (κ3) is 4.10. The van der Waals surface area contributed by atoms with Crippen LogP contribution in [0.5, 0.6) is 0 Å². The van der Waals surface area contributed by atoms with Gasteiger partial charge in [0.25, 0.3) is 0 Å². The van der Waals surface area contributed by atoms with Gasteiger partial charge in [0.1, 0.15) is 0 Å². The van der Waals surface area contributed by atoms with Gasteiger partial charge in [-0.05, 0) is 50.8 Å². The van der Waals surface area contributed by atoms with Crippen LogP contribution < -0.4 is 5.32 Å². The van der Waals surface area contributed by atoms with Crippen molar-refractivity contribution in [2.24, 2.45) is 5.92 Å². The van der Waals surface area contributed by atoms with Crippen LogP contribution in [0.1, 0.15) is 55.2 Å². The van der Waals surface area contributed by atoms with E-state index >= 15 is 0 Å². The summed E-state index contributed by atoms with van der Waals surface area (Å²) in [5.74, 6) is 1.02. The molecule has 1 fully saturated rings. The smallest absolute Gasteiger partial charge is 0.0112 e. The molecule has 1 aliphatic rings. The fourth-order valence-electron chi connectivity index (χ4n) is 3.05. The average molecular weight is 265 g/mol. The summed E-state index contributed by atoms with van der Waals surface area (Å²) in [5.41, 5.74) is 0. The van der Waals surface area contributed by atoms with Crippen LogP contribution in [0.15, 0.2) is 12.1 Å². The standard InChI is InChI=1S/C16H27NS/c1-3-15-10-11-16(18-15)12-14(17-2)9-8-13-6-4-5-7-13/h10-11,13-14,17H,3-9,12H2,1-2H3. The molecule has 2 rings (SSSR count). The number of rotatable bonds is 7. The number of aryl methyl sites for hydroxylation is 1. The van der Waals surface area contributed by atoms with Crippen LogP contribution in [0.25, 0.3) is 0 Å². The first-order valence-electron chi connectivity index (χ1n) is 7.56. The molecule has 1 heterocycles. The number of hydrogen-bond acceptors (Lipinski definition) is 2. The van der Waals surface area contributed by atoms with Crippen molar-refractivity contribution in [3.8, 4) is 0 Å². The molecule has 1 unspecified atom stereocenters. The first kappa shape index (κ1) is 14.1. The molecule has 0 bridgehead atoms. The Hall–Kier alpha value is -0.340. The van der Waals surface area contributed by atoms with E-state index in [2.05, 4.69) is 31.4 Å². The molecule has 0 aliphatic heterocycles. The number of likely N-dealkylation sites (N-methyl/N-ethyl adjacent to an activating group) is 1. The summed E-state index contributed by atoms with van der Waals surface area (Å²) in [6.07, 6.45) is 11.1. The minimum Gasteiger partial charge on any atom is -0.317 e. The van der Waals surface area contributed by atoms with Crippen LogP contribution in [0.2, 0.25) is 0 Å². The number of thiophene rings is 1. The lowest BCUT2D eigenvalue weighted by Crippen LogP contribution is -2.27. The highest BCUT2D eigenvalue weighted by atomic mass is 32.1. The van der Waals surface area contributed by atoms with E-state index in [9.17, 15) is 0 Å². The zero-order chi connectivity index (χ0) is 12.8. The Morgan fingerprint density at radius 2 is 2.00 bits per heavy atom. The molecule has 1 nitrogen and oxygen atoms in total. The Morgan fingerprint density at radius 1 is 1.28 bits per heavy atom. The minimum absolute atomic E-state index is 0.675. The van der Waals surface area contributed by atoms with Crippen molar-refractivity contribution in [2.45, 2.75) is 64.3 Å². The van der Waals surface area contributed by atoms with Crippen LogP contribution in [0, 0.1) is 5.92 Å². The highest BCUT2D eigenvalue weighted by Crippen LogP contribution is 2.29. The summed E-state index contributed by atoms with van der Waals surface area (Å²) >= 11 is 1.99. The van der Waals surface area contributed by atoms with Gasteiger partial charge < -0.3 is 5.32 Å². The SMILES string of the molecule is CCc1ccc(CC(CCC2CCCC2)NC)s1. The molecule has 2 heteroatoms. The number of nitrogens with one attached hydrogen (secondary N) is 1. The van der Waals surface area contributed by atoms with E-state index in [-0.39, 0.29) is 0 Å². The lowest BCUT2D eigenvalue weighted by molar-refractivity contribution is 0.419. The van der Waals surface area contributed by atoms with E-state index < -0.39 is 0 Å². The molecule has 1 aliphatic carbocycles. The molecule has 1 saturated carbocycles. The van der Waals surface area contributed by atoms with E-state index in [0.29, 0.717) is 6.04 Å². The van der Waals surface area contributed by atoms with Crippen molar-refractivity contribution < 1.29 is 0 Å². The zero-order valence-electron chi connectivity index (χ0n) is 11.9. The van der Waals surface area contributed by atoms with Gasteiger partial charge in [0.15, 0.2) is 0 Å². The maximum atomic E-state index is 3.51. The first-order valence-corrected chi connectivity index (χ1v) is 8.38. The summed E-state index contributed by atoms with van der Waals surface area (Å²) in [7, 11) is 2.12. The lowest BCUT2D eigenvalue weighted by Gasteiger charge is -2.17. The van der Waals surface area contributed by atoms with Crippen molar-refractivity contribution >= 4 is 11.3 Å². The van der Waals surface area contributed by atoms with E-state index in [1.807, 2.05) is 11.3 Å². The molecule has 0 spiro atoms. The monoisotopic (exact) mass is 265 g/mol. The highest BCUT2D eigenvalue weighted by Gasteiger charge is 2.17. The van der Waals surface area contributed by atoms with Gasteiger partial charge in [0.05, 0.1) is 0 Å². The largest absolute Gasteiger partial charge is 0.317 e. The van der Waals surface area contributed by atoms with Crippen LogP contribution in [0.4, 0.5) is 0 Å². The Morgan fingerprint density at radius 3 is 2.61 bits per heavy atom. The topological polar surface area (TPSA) is 12.0 Å². The Kier molecular flexibility index (Phi) is 5.71. The summed E-state index contributed by atoms with van der Waals surface area (Å²) < 4.78 is 0. The molecule has 0 aromatic carbocycles. The van der Waals surface area contributed by atoms with Crippen molar-refractivity contribution in [1.82, 2.24) is 5.32 Å². The molecule has 0 amide bonds. The second-order valence-electron chi connectivity index (χ2n) is 5.64. The van der Waals surface area contributed by atoms with Gasteiger partial charge in [0, 0.05) is 15.8 Å². The molecule has 102 valence electrons. The van der Waals surface area contributed by atoms with Crippen LogP contribution >= 0.6 is 11.3 Å². The highest BCUT2D eigenvalue weighted by molar-refractivity contribution is 7.11. The predicted octanol–water partition coefficient (Wildman–Crippen LogP) is 4.41. The average Bonchev–Trinajstić information content (AvgIpc) is 3.05. The Bertz CT molecular complexity index is 339.